The van der Waals surface area contributed by atoms with Gasteiger partial charge in [-0.05, 0) is 19.8 Å². The van der Waals surface area contributed by atoms with E-state index >= 15 is 0 Å². The predicted molar refractivity (Wildman–Crippen MR) is 89.0 cm³/mol. The third-order valence-corrected chi connectivity index (χ3v) is 5.35. The first-order chi connectivity index (χ1) is 12.2. The van der Waals surface area contributed by atoms with Gasteiger partial charge in [0, 0.05) is 0 Å². The van der Waals surface area contributed by atoms with Crippen molar-refractivity contribution < 1.29 is 44.5 Å². The topological polar surface area (TPSA) is 138 Å². The fourth-order valence-electron chi connectivity index (χ4n) is 2.98. The van der Waals surface area contributed by atoms with Crippen LogP contribution < -0.4 is 0 Å². The van der Waals surface area contributed by atoms with Crippen LogP contribution in [0.1, 0.15) is 34.1 Å². The number of hydrogen-bond donors (Lipinski definition) is 5. The van der Waals surface area contributed by atoms with Gasteiger partial charge < -0.3 is 44.5 Å². The highest BCUT2D eigenvalue weighted by molar-refractivity contribution is 4.90. The van der Waals surface area contributed by atoms with Crippen molar-refractivity contribution in [2.75, 3.05) is 6.61 Å². The van der Waals surface area contributed by atoms with E-state index in [1.54, 1.807) is 6.92 Å². The zero-order valence-electron chi connectivity index (χ0n) is 15.6. The molecule has 0 aromatic heterocycles. The van der Waals surface area contributed by atoms with Gasteiger partial charge in [0.25, 0.3) is 0 Å². The number of hydrogen-bond acceptors (Lipinski definition) is 9. The van der Waals surface area contributed by atoms with Crippen molar-refractivity contribution in [3.8, 4) is 0 Å². The molecule has 11 atom stereocenters. The Hall–Kier alpha value is -0.360. The van der Waals surface area contributed by atoms with Crippen LogP contribution in [0.2, 0.25) is 0 Å². The van der Waals surface area contributed by atoms with E-state index in [9.17, 15) is 25.5 Å². The Bertz CT molecular complexity index is 436. The van der Waals surface area contributed by atoms with Gasteiger partial charge >= 0.3 is 0 Å². The van der Waals surface area contributed by atoms with Gasteiger partial charge in [0.2, 0.25) is 0 Å². The van der Waals surface area contributed by atoms with Gasteiger partial charge in [-0.15, -0.1) is 0 Å². The maximum absolute atomic E-state index is 10.2. The lowest BCUT2D eigenvalue weighted by atomic mass is 10.00. The van der Waals surface area contributed by atoms with Crippen LogP contribution in [0, 0.1) is 5.92 Å². The van der Waals surface area contributed by atoms with Crippen molar-refractivity contribution in [2.45, 2.75) is 95.5 Å². The summed E-state index contributed by atoms with van der Waals surface area (Å²) in [5, 5.41) is 49.7. The van der Waals surface area contributed by atoms with E-state index in [2.05, 4.69) is 0 Å². The Morgan fingerprint density at radius 3 is 2.08 bits per heavy atom. The number of ether oxygens (including phenoxy) is 4. The Morgan fingerprint density at radius 2 is 1.46 bits per heavy atom. The molecule has 0 aliphatic carbocycles. The van der Waals surface area contributed by atoms with Crippen molar-refractivity contribution in [3.05, 3.63) is 0 Å². The predicted octanol–water partition coefficient (Wildman–Crippen LogP) is -1.27. The summed E-state index contributed by atoms with van der Waals surface area (Å²) in [5.74, 6) is 0.262. The van der Waals surface area contributed by atoms with Crippen molar-refractivity contribution >= 4 is 0 Å². The SMILES string of the molecule is CC[C@H](C)[C@H](C)OC1OC(COC2OC(C)C(O)C(O)C2O)C(O)C1O. The third-order valence-electron chi connectivity index (χ3n) is 5.35. The largest absolute Gasteiger partial charge is 0.388 e. The van der Waals surface area contributed by atoms with E-state index in [4.69, 9.17) is 18.9 Å². The molecular weight excluding hydrogens is 348 g/mol. The highest BCUT2D eigenvalue weighted by Gasteiger charge is 2.47. The molecule has 2 saturated heterocycles. The summed E-state index contributed by atoms with van der Waals surface area (Å²) < 4.78 is 22.0. The van der Waals surface area contributed by atoms with Crippen LogP contribution in [0.25, 0.3) is 0 Å². The van der Waals surface area contributed by atoms with E-state index in [-0.39, 0.29) is 18.6 Å². The van der Waals surface area contributed by atoms with Gasteiger partial charge in [0.05, 0.1) is 18.8 Å². The molecule has 0 spiro atoms. The third kappa shape index (κ3) is 4.73. The molecule has 26 heavy (non-hydrogen) atoms. The average Bonchev–Trinajstić information content (AvgIpc) is 2.88. The molecular formula is C17H32O9. The fraction of sp³-hybridized carbons (Fsp3) is 1.00. The minimum absolute atomic E-state index is 0.160. The van der Waals surface area contributed by atoms with Crippen LogP contribution in [0.5, 0.6) is 0 Å². The summed E-state index contributed by atoms with van der Waals surface area (Å²) in [6, 6.07) is 0. The maximum atomic E-state index is 10.2. The number of rotatable bonds is 7. The van der Waals surface area contributed by atoms with E-state index in [1.165, 1.54) is 0 Å². The Labute approximate surface area is 153 Å². The van der Waals surface area contributed by atoms with E-state index < -0.39 is 55.3 Å². The molecule has 0 aromatic carbocycles. The zero-order valence-corrected chi connectivity index (χ0v) is 15.6. The average molecular weight is 380 g/mol. The van der Waals surface area contributed by atoms with Crippen LogP contribution >= 0.6 is 0 Å². The van der Waals surface area contributed by atoms with Crippen LogP contribution in [0.4, 0.5) is 0 Å². The molecule has 154 valence electrons. The van der Waals surface area contributed by atoms with Crippen molar-refractivity contribution in [2.24, 2.45) is 5.92 Å². The summed E-state index contributed by atoms with van der Waals surface area (Å²) in [7, 11) is 0. The molecule has 2 rings (SSSR count). The first-order valence-corrected chi connectivity index (χ1v) is 9.15. The van der Waals surface area contributed by atoms with E-state index in [0.717, 1.165) is 6.42 Å². The summed E-state index contributed by atoms with van der Waals surface area (Å²) in [5.41, 5.74) is 0. The number of aliphatic hydroxyl groups excluding tert-OH is 5. The molecule has 0 aromatic rings. The minimum atomic E-state index is -1.44. The summed E-state index contributed by atoms with van der Waals surface area (Å²) in [4.78, 5) is 0. The molecule has 0 saturated carbocycles. The first kappa shape index (κ1) is 21.9. The zero-order chi connectivity index (χ0) is 19.6. The Kier molecular flexibility index (Phi) is 7.78. The lowest BCUT2D eigenvalue weighted by Gasteiger charge is -2.39. The monoisotopic (exact) mass is 380 g/mol. The molecule has 2 heterocycles. The van der Waals surface area contributed by atoms with Crippen molar-refractivity contribution in [3.63, 3.8) is 0 Å². The second-order valence-corrected chi connectivity index (χ2v) is 7.27. The van der Waals surface area contributed by atoms with Crippen molar-refractivity contribution in [1.82, 2.24) is 0 Å². The highest BCUT2D eigenvalue weighted by atomic mass is 16.7. The molecule has 9 nitrogen and oxygen atoms in total. The molecule has 9 unspecified atom stereocenters. The van der Waals surface area contributed by atoms with Gasteiger partial charge in [-0.3, -0.25) is 0 Å². The van der Waals surface area contributed by atoms with Crippen LogP contribution in [-0.2, 0) is 18.9 Å². The lowest BCUT2D eigenvalue weighted by molar-refractivity contribution is -0.300. The smallest absolute Gasteiger partial charge is 0.186 e. The number of aliphatic hydroxyl groups is 5. The van der Waals surface area contributed by atoms with E-state index in [1.807, 2.05) is 20.8 Å². The van der Waals surface area contributed by atoms with Gasteiger partial charge in [-0.25, -0.2) is 0 Å². The molecule has 0 bridgehead atoms. The Balaban J connectivity index is 1.88. The highest BCUT2D eigenvalue weighted by Crippen LogP contribution is 2.27. The van der Waals surface area contributed by atoms with Crippen LogP contribution in [0.3, 0.4) is 0 Å². The second-order valence-electron chi connectivity index (χ2n) is 7.27. The van der Waals surface area contributed by atoms with Crippen LogP contribution in [-0.4, -0.2) is 93.6 Å². The molecule has 2 fully saturated rings. The van der Waals surface area contributed by atoms with Crippen molar-refractivity contribution in [1.29, 1.82) is 0 Å². The van der Waals surface area contributed by atoms with Crippen LogP contribution in [0.15, 0.2) is 0 Å². The molecule has 2 aliphatic heterocycles. The second kappa shape index (κ2) is 9.22. The molecule has 9 heteroatoms. The standard InChI is InChI=1S/C17H32O9/c1-5-7(2)8(3)24-17-14(21)12(19)10(26-17)6-23-16-15(22)13(20)11(18)9(4)25-16/h7-22H,5-6H2,1-4H3/t7-,8-,9?,10?,11?,12?,13?,14?,15?,16?,17?/m0/s1. The van der Waals surface area contributed by atoms with Gasteiger partial charge in [-0.1, -0.05) is 20.3 Å². The van der Waals surface area contributed by atoms with E-state index in [0.29, 0.717) is 0 Å². The molecule has 0 amide bonds. The normalized spacial score (nSPS) is 46.3. The summed E-state index contributed by atoms with van der Waals surface area (Å²) in [6.07, 6.45) is -9.55. The first-order valence-electron chi connectivity index (χ1n) is 9.15. The molecule has 0 radical (unpaired) electrons. The molecule has 5 N–H and O–H groups in total. The maximum Gasteiger partial charge on any atom is 0.186 e. The minimum Gasteiger partial charge on any atom is -0.388 e. The van der Waals surface area contributed by atoms with Gasteiger partial charge in [-0.2, -0.15) is 0 Å². The molecule has 2 aliphatic rings. The fourth-order valence-corrected chi connectivity index (χ4v) is 2.98. The van der Waals surface area contributed by atoms with Gasteiger partial charge in [0.15, 0.2) is 12.6 Å². The summed E-state index contributed by atoms with van der Waals surface area (Å²) >= 11 is 0. The quantitative estimate of drug-likeness (QED) is 0.366. The summed E-state index contributed by atoms with van der Waals surface area (Å²) in [6.45, 7) is 7.28. The Morgan fingerprint density at radius 1 is 0.846 bits per heavy atom. The lowest BCUT2D eigenvalue weighted by Crippen LogP contribution is -2.57. The van der Waals surface area contributed by atoms with Gasteiger partial charge in [0.1, 0.15) is 36.6 Å².